The van der Waals surface area contributed by atoms with E-state index in [9.17, 15) is 0 Å². The molecule has 1 atom stereocenters. The van der Waals surface area contributed by atoms with Gasteiger partial charge in [-0.25, -0.2) is 0 Å². The first kappa shape index (κ1) is 18.4. The van der Waals surface area contributed by atoms with Crippen molar-refractivity contribution in [3.63, 3.8) is 0 Å². The van der Waals surface area contributed by atoms with Crippen LogP contribution < -0.4 is 4.90 Å². The van der Waals surface area contributed by atoms with E-state index in [1.165, 1.54) is 43.5 Å². The molecule has 2 aliphatic rings. The minimum absolute atomic E-state index is 0.0314. The molecule has 0 radical (unpaired) electrons. The van der Waals surface area contributed by atoms with E-state index < -0.39 is 0 Å². The zero-order valence-electron chi connectivity index (χ0n) is 16.3. The number of anilines is 1. The fourth-order valence-electron chi connectivity index (χ4n) is 4.66. The van der Waals surface area contributed by atoms with Crippen LogP contribution in [0.2, 0.25) is 0 Å². The predicted octanol–water partition coefficient (Wildman–Crippen LogP) is 2.46. The molecule has 27 heavy (non-hydrogen) atoms. The number of likely N-dealkylation sites (tertiary alicyclic amines) is 1. The van der Waals surface area contributed by atoms with Crippen LogP contribution in [0.1, 0.15) is 36.9 Å². The monoisotopic (exact) mass is 369 g/mol. The summed E-state index contributed by atoms with van der Waals surface area (Å²) >= 11 is 0. The van der Waals surface area contributed by atoms with E-state index in [2.05, 4.69) is 51.3 Å². The summed E-state index contributed by atoms with van der Waals surface area (Å²) in [5, 5.41) is 17.3. The molecule has 3 heterocycles. The van der Waals surface area contributed by atoms with Crippen molar-refractivity contribution in [3.8, 4) is 0 Å². The van der Waals surface area contributed by atoms with Gasteiger partial charge in [-0.2, -0.15) is 0 Å². The van der Waals surface area contributed by atoms with Crippen LogP contribution in [0, 0.1) is 12.8 Å². The third-order valence-corrected chi connectivity index (χ3v) is 6.09. The van der Waals surface area contributed by atoms with E-state index in [0.717, 1.165) is 26.2 Å². The van der Waals surface area contributed by atoms with Crippen molar-refractivity contribution < 1.29 is 5.11 Å². The van der Waals surface area contributed by atoms with Crippen molar-refractivity contribution in [2.45, 2.75) is 51.8 Å². The van der Waals surface area contributed by atoms with Crippen LogP contribution in [0.3, 0.4) is 0 Å². The molecule has 2 fully saturated rings. The minimum Gasteiger partial charge on any atom is -0.390 e. The van der Waals surface area contributed by atoms with E-state index in [4.69, 9.17) is 5.11 Å². The highest BCUT2D eigenvalue weighted by molar-refractivity contribution is 5.48. The highest BCUT2D eigenvalue weighted by atomic mass is 16.3. The van der Waals surface area contributed by atoms with Crippen molar-refractivity contribution in [1.29, 1.82) is 0 Å². The lowest BCUT2D eigenvalue weighted by Crippen LogP contribution is -2.49. The number of aryl methyl sites for hydroxylation is 1. The Hall–Kier alpha value is -1.92. The molecule has 0 bridgehead atoms. The van der Waals surface area contributed by atoms with Crippen molar-refractivity contribution >= 4 is 5.69 Å². The molecule has 1 N–H and O–H groups in total. The summed E-state index contributed by atoms with van der Waals surface area (Å²) in [6, 6.07) is 9.58. The van der Waals surface area contributed by atoms with E-state index in [1.54, 1.807) is 0 Å². The first-order valence-corrected chi connectivity index (χ1v) is 10.3. The number of hydrogen-bond donors (Lipinski definition) is 1. The molecule has 1 aromatic heterocycles. The summed E-state index contributed by atoms with van der Waals surface area (Å²) in [6.07, 6.45) is 6.90. The Morgan fingerprint density at radius 3 is 2.74 bits per heavy atom. The van der Waals surface area contributed by atoms with Gasteiger partial charge in [0.2, 0.25) is 0 Å². The first-order valence-electron chi connectivity index (χ1n) is 10.3. The number of benzene rings is 1. The molecule has 0 amide bonds. The Bertz CT molecular complexity index is 738. The Morgan fingerprint density at radius 1 is 1.15 bits per heavy atom. The van der Waals surface area contributed by atoms with Crippen LogP contribution in [0.5, 0.6) is 0 Å². The molecule has 0 unspecified atom stereocenters. The standard InChI is InChI=1S/C21H31N5O/c1-17-4-2-6-21(12-17)24-10-7-20(8-11-24)25-9-3-5-18(13-25)14-26-15-19(16-27)22-23-26/h2,4,6,12,15,18,20,27H,3,5,7-11,13-14,16H2,1H3/t18-/m0/s1. The van der Waals surface area contributed by atoms with Gasteiger partial charge in [0, 0.05) is 37.9 Å². The van der Waals surface area contributed by atoms with Crippen LogP contribution in [-0.4, -0.2) is 57.2 Å². The second-order valence-corrected chi connectivity index (χ2v) is 8.15. The number of hydrogen-bond acceptors (Lipinski definition) is 5. The fourth-order valence-corrected chi connectivity index (χ4v) is 4.66. The maximum absolute atomic E-state index is 9.16. The maximum Gasteiger partial charge on any atom is 0.108 e. The highest BCUT2D eigenvalue weighted by Gasteiger charge is 2.29. The number of rotatable bonds is 5. The molecule has 2 aromatic rings. The fraction of sp³-hybridized carbons (Fsp3) is 0.619. The molecule has 6 heteroatoms. The number of piperidine rings is 2. The van der Waals surface area contributed by atoms with Crippen molar-refractivity contribution in [3.05, 3.63) is 41.7 Å². The average molecular weight is 370 g/mol. The molecular weight excluding hydrogens is 338 g/mol. The van der Waals surface area contributed by atoms with Gasteiger partial charge in [0.25, 0.3) is 0 Å². The van der Waals surface area contributed by atoms with Crippen molar-refractivity contribution in [2.24, 2.45) is 5.92 Å². The van der Waals surface area contributed by atoms with Crippen LogP contribution >= 0.6 is 0 Å². The Kier molecular flexibility index (Phi) is 5.74. The normalized spacial score (nSPS) is 22.3. The van der Waals surface area contributed by atoms with Gasteiger partial charge < -0.3 is 10.0 Å². The number of aliphatic hydroxyl groups excluding tert-OH is 1. The Balaban J connectivity index is 1.30. The lowest BCUT2D eigenvalue weighted by Gasteiger charge is -2.43. The smallest absolute Gasteiger partial charge is 0.108 e. The lowest BCUT2D eigenvalue weighted by atomic mass is 9.93. The lowest BCUT2D eigenvalue weighted by molar-refractivity contribution is 0.0981. The molecule has 1 aromatic carbocycles. The van der Waals surface area contributed by atoms with Gasteiger partial charge >= 0.3 is 0 Å². The zero-order valence-corrected chi connectivity index (χ0v) is 16.3. The van der Waals surface area contributed by atoms with Gasteiger partial charge in [0.05, 0.1) is 12.8 Å². The van der Waals surface area contributed by atoms with E-state index in [-0.39, 0.29) is 6.61 Å². The van der Waals surface area contributed by atoms with E-state index in [0.29, 0.717) is 17.7 Å². The summed E-state index contributed by atoms with van der Waals surface area (Å²) in [7, 11) is 0. The summed E-state index contributed by atoms with van der Waals surface area (Å²) in [5.74, 6) is 0.627. The molecule has 0 aliphatic carbocycles. The van der Waals surface area contributed by atoms with E-state index >= 15 is 0 Å². The Labute approximate surface area is 161 Å². The third-order valence-electron chi connectivity index (χ3n) is 6.09. The zero-order chi connectivity index (χ0) is 18.6. The summed E-state index contributed by atoms with van der Waals surface area (Å²) in [4.78, 5) is 5.25. The summed E-state index contributed by atoms with van der Waals surface area (Å²) in [5.41, 5.74) is 3.37. The van der Waals surface area contributed by atoms with Crippen LogP contribution in [0.15, 0.2) is 30.5 Å². The van der Waals surface area contributed by atoms with Gasteiger partial charge in [0.1, 0.15) is 5.69 Å². The number of aliphatic hydroxyl groups is 1. The number of nitrogens with zero attached hydrogens (tertiary/aromatic N) is 5. The van der Waals surface area contributed by atoms with Gasteiger partial charge in [-0.1, -0.05) is 17.3 Å². The van der Waals surface area contributed by atoms with Crippen LogP contribution in [0.4, 0.5) is 5.69 Å². The van der Waals surface area contributed by atoms with Gasteiger partial charge in [-0.15, -0.1) is 5.10 Å². The largest absolute Gasteiger partial charge is 0.390 e. The molecule has 2 aliphatic heterocycles. The van der Waals surface area contributed by atoms with Crippen LogP contribution in [-0.2, 0) is 13.2 Å². The summed E-state index contributed by atoms with van der Waals surface area (Å²) < 4.78 is 1.90. The topological polar surface area (TPSA) is 57.4 Å². The molecule has 146 valence electrons. The second-order valence-electron chi connectivity index (χ2n) is 8.15. The van der Waals surface area contributed by atoms with Crippen molar-refractivity contribution in [2.75, 3.05) is 31.1 Å². The Morgan fingerprint density at radius 2 is 2.00 bits per heavy atom. The summed E-state index contributed by atoms with van der Waals surface area (Å²) in [6.45, 7) is 7.73. The number of aromatic nitrogens is 3. The van der Waals surface area contributed by atoms with Gasteiger partial charge in [-0.05, 0) is 62.8 Å². The third kappa shape index (κ3) is 4.50. The SMILES string of the molecule is Cc1cccc(N2CCC(N3CCC[C@H](Cn4cc(CO)nn4)C3)CC2)c1. The van der Waals surface area contributed by atoms with Crippen LogP contribution in [0.25, 0.3) is 0 Å². The van der Waals surface area contributed by atoms with Gasteiger partial charge in [-0.3, -0.25) is 9.58 Å². The minimum atomic E-state index is -0.0314. The average Bonchev–Trinajstić information content (AvgIpc) is 3.16. The first-order chi connectivity index (χ1) is 13.2. The molecular formula is C21H31N5O. The molecule has 4 rings (SSSR count). The van der Waals surface area contributed by atoms with E-state index in [1.807, 2.05) is 10.9 Å². The maximum atomic E-state index is 9.16. The molecule has 0 spiro atoms. The highest BCUT2D eigenvalue weighted by Crippen LogP contribution is 2.27. The van der Waals surface area contributed by atoms with Crippen molar-refractivity contribution in [1.82, 2.24) is 19.9 Å². The predicted molar refractivity (Wildman–Crippen MR) is 107 cm³/mol. The molecule has 2 saturated heterocycles. The molecule has 6 nitrogen and oxygen atoms in total. The quantitative estimate of drug-likeness (QED) is 0.877. The van der Waals surface area contributed by atoms with Gasteiger partial charge in [0.15, 0.2) is 0 Å². The molecule has 0 saturated carbocycles. The second kappa shape index (κ2) is 8.40.